The molecule has 2 fully saturated rings. The molecule has 0 spiro atoms. The molecule has 3 rings (SSSR count). The van der Waals surface area contributed by atoms with Crippen molar-refractivity contribution in [1.82, 2.24) is 10.2 Å². The molecule has 0 radical (unpaired) electrons. The third kappa shape index (κ3) is 3.50. The molecule has 4 nitrogen and oxygen atoms in total. The number of nitrogens with one attached hydrogen (secondary N) is 1. The van der Waals surface area contributed by atoms with E-state index in [1.807, 2.05) is 0 Å². The first-order chi connectivity index (χ1) is 11.8. The number of hydrogen-bond donors (Lipinski definition) is 1. The van der Waals surface area contributed by atoms with Gasteiger partial charge in [0.2, 0.25) is 11.8 Å². The number of alkyl halides is 3. The number of halogens is 3. The Morgan fingerprint density at radius 1 is 1.16 bits per heavy atom. The van der Waals surface area contributed by atoms with Crippen LogP contribution in [0, 0.1) is 0 Å². The van der Waals surface area contributed by atoms with Gasteiger partial charge in [0.15, 0.2) is 0 Å². The predicted octanol–water partition coefficient (Wildman–Crippen LogP) is 2.87. The first-order valence-electron chi connectivity index (χ1n) is 8.57. The van der Waals surface area contributed by atoms with Gasteiger partial charge < -0.3 is 10.2 Å². The zero-order valence-corrected chi connectivity index (χ0v) is 13.9. The Labute approximate surface area is 144 Å². The van der Waals surface area contributed by atoms with Crippen molar-refractivity contribution in [1.29, 1.82) is 0 Å². The maximum Gasteiger partial charge on any atom is 0.416 e. The lowest BCUT2D eigenvalue weighted by atomic mass is 9.77. The van der Waals surface area contributed by atoms with E-state index in [1.165, 1.54) is 6.07 Å². The number of hydrogen-bond acceptors (Lipinski definition) is 2. The Hall–Kier alpha value is -2.05. The van der Waals surface area contributed by atoms with Crippen LogP contribution in [0.3, 0.4) is 0 Å². The molecule has 1 aliphatic heterocycles. The van der Waals surface area contributed by atoms with Crippen LogP contribution in [0.5, 0.6) is 0 Å². The molecule has 0 unspecified atom stereocenters. The second-order valence-corrected chi connectivity index (χ2v) is 6.76. The number of carbonyl (C=O) groups is 2. The summed E-state index contributed by atoms with van der Waals surface area (Å²) < 4.78 is 39.3. The number of carbonyl (C=O) groups excluding carboxylic acids is 2. The molecule has 1 saturated carbocycles. The Balaban J connectivity index is 1.94. The van der Waals surface area contributed by atoms with Gasteiger partial charge in [-0.1, -0.05) is 31.0 Å². The van der Waals surface area contributed by atoms with E-state index in [4.69, 9.17) is 0 Å². The van der Waals surface area contributed by atoms with Crippen LogP contribution in [0.2, 0.25) is 0 Å². The highest BCUT2D eigenvalue weighted by Crippen LogP contribution is 2.44. The summed E-state index contributed by atoms with van der Waals surface area (Å²) in [6, 6.07) is 5.15. The fourth-order valence-corrected chi connectivity index (χ4v) is 3.87. The minimum Gasteiger partial charge on any atom is -0.354 e. The first-order valence-corrected chi connectivity index (χ1v) is 8.57. The molecule has 2 aliphatic rings. The van der Waals surface area contributed by atoms with Crippen molar-refractivity contribution in [2.45, 2.75) is 43.7 Å². The molecule has 1 aliphatic carbocycles. The zero-order chi connectivity index (χ0) is 18.1. The topological polar surface area (TPSA) is 49.4 Å². The SMILES string of the molecule is O=C1CCN(C(=O)C2(c3cccc(C(F)(F)F)c3)CCCC2)CCN1. The van der Waals surface area contributed by atoms with Gasteiger partial charge in [0.05, 0.1) is 11.0 Å². The summed E-state index contributed by atoms with van der Waals surface area (Å²) in [5, 5.41) is 2.72. The number of rotatable bonds is 2. The van der Waals surface area contributed by atoms with Crippen LogP contribution in [-0.4, -0.2) is 36.3 Å². The van der Waals surface area contributed by atoms with Crippen LogP contribution in [0.4, 0.5) is 13.2 Å². The quantitative estimate of drug-likeness (QED) is 0.888. The summed E-state index contributed by atoms with van der Waals surface area (Å²) in [6.45, 7) is 1.08. The molecule has 1 N–H and O–H groups in total. The minimum absolute atomic E-state index is 0.102. The van der Waals surface area contributed by atoms with Gasteiger partial charge in [-0.2, -0.15) is 13.2 Å². The molecule has 136 valence electrons. The lowest BCUT2D eigenvalue weighted by Gasteiger charge is -2.34. The molecule has 2 amide bonds. The Bertz CT molecular complexity index is 667. The van der Waals surface area contributed by atoms with Crippen molar-refractivity contribution < 1.29 is 22.8 Å². The Morgan fingerprint density at radius 2 is 1.88 bits per heavy atom. The first kappa shape index (κ1) is 17.8. The minimum atomic E-state index is -4.43. The van der Waals surface area contributed by atoms with Crippen LogP contribution < -0.4 is 5.32 Å². The van der Waals surface area contributed by atoms with Gasteiger partial charge in [-0.3, -0.25) is 9.59 Å². The number of benzene rings is 1. The average molecular weight is 354 g/mol. The van der Waals surface area contributed by atoms with Gasteiger partial charge >= 0.3 is 6.18 Å². The van der Waals surface area contributed by atoms with Crippen molar-refractivity contribution in [3.63, 3.8) is 0 Å². The maximum absolute atomic E-state index is 13.2. The lowest BCUT2D eigenvalue weighted by Crippen LogP contribution is -2.46. The van der Waals surface area contributed by atoms with Crippen LogP contribution in [0.15, 0.2) is 24.3 Å². The van der Waals surface area contributed by atoms with E-state index < -0.39 is 17.2 Å². The largest absolute Gasteiger partial charge is 0.416 e. The molecule has 1 heterocycles. The van der Waals surface area contributed by atoms with Crippen molar-refractivity contribution in [3.05, 3.63) is 35.4 Å². The summed E-state index contributed by atoms with van der Waals surface area (Å²) in [5.74, 6) is -0.254. The van der Waals surface area contributed by atoms with E-state index in [1.54, 1.807) is 11.0 Å². The van der Waals surface area contributed by atoms with Gasteiger partial charge in [-0.25, -0.2) is 0 Å². The normalized spacial score (nSPS) is 20.9. The van der Waals surface area contributed by atoms with Crippen molar-refractivity contribution in [2.75, 3.05) is 19.6 Å². The molecule has 25 heavy (non-hydrogen) atoms. The molecule has 0 atom stereocenters. The zero-order valence-electron chi connectivity index (χ0n) is 13.9. The molecular formula is C18H21F3N2O2. The molecule has 1 aromatic carbocycles. The monoisotopic (exact) mass is 354 g/mol. The van der Waals surface area contributed by atoms with E-state index in [-0.39, 0.29) is 18.2 Å². The van der Waals surface area contributed by atoms with Crippen LogP contribution in [0.25, 0.3) is 0 Å². The molecule has 0 aromatic heterocycles. The Morgan fingerprint density at radius 3 is 2.56 bits per heavy atom. The molecule has 7 heteroatoms. The fraction of sp³-hybridized carbons (Fsp3) is 0.556. The van der Waals surface area contributed by atoms with Crippen molar-refractivity contribution in [2.24, 2.45) is 0 Å². The third-order valence-electron chi connectivity index (χ3n) is 5.21. The van der Waals surface area contributed by atoms with E-state index >= 15 is 0 Å². The third-order valence-corrected chi connectivity index (χ3v) is 5.21. The second-order valence-electron chi connectivity index (χ2n) is 6.76. The van der Waals surface area contributed by atoms with Gasteiger partial charge in [-0.15, -0.1) is 0 Å². The molecular weight excluding hydrogens is 333 g/mol. The highest BCUT2D eigenvalue weighted by Gasteiger charge is 2.46. The van der Waals surface area contributed by atoms with Crippen LogP contribution in [0.1, 0.15) is 43.2 Å². The highest BCUT2D eigenvalue weighted by molar-refractivity contribution is 5.89. The fourth-order valence-electron chi connectivity index (χ4n) is 3.87. The average Bonchev–Trinajstić information content (AvgIpc) is 2.98. The van der Waals surface area contributed by atoms with E-state index in [2.05, 4.69) is 5.32 Å². The summed E-state index contributed by atoms with van der Waals surface area (Å²) in [7, 11) is 0. The maximum atomic E-state index is 13.2. The van der Waals surface area contributed by atoms with E-state index in [0.29, 0.717) is 38.0 Å². The predicted molar refractivity (Wildman–Crippen MR) is 85.8 cm³/mol. The molecule has 1 saturated heterocycles. The summed E-state index contributed by atoms with van der Waals surface area (Å²) >= 11 is 0. The van der Waals surface area contributed by atoms with Gasteiger partial charge in [0.1, 0.15) is 0 Å². The lowest BCUT2D eigenvalue weighted by molar-refractivity contribution is -0.139. The summed E-state index contributed by atoms with van der Waals surface area (Å²) in [4.78, 5) is 26.4. The van der Waals surface area contributed by atoms with E-state index in [0.717, 1.165) is 25.0 Å². The molecule has 0 bridgehead atoms. The van der Waals surface area contributed by atoms with Gasteiger partial charge in [-0.05, 0) is 24.5 Å². The summed E-state index contributed by atoms with van der Waals surface area (Å²) in [5.41, 5.74) is -1.19. The van der Waals surface area contributed by atoms with Crippen molar-refractivity contribution in [3.8, 4) is 0 Å². The summed E-state index contributed by atoms with van der Waals surface area (Å²) in [6.07, 6.45) is -1.49. The Kier molecular flexibility index (Phi) is 4.75. The van der Waals surface area contributed by atoms with E-state index in [9.17, 15) is 22.8 Å². The van der Waals surface area contributed by atoms with Gasteiger partial charge in [0, 0.05) is 26.1 Å². The molecule has 1 aromatic rings. The van der Waals surface area contributed by atoms with Gasteiger partial charge in [0.25, 0.3) is 0 Å². The van der Waals surface area contributed by atoms with Crippen LogP contribution in [-0.2, 0) is 21.2 Å². The van der Waals surface area contributed by atoms with Crippen molar-refractivity contribution >= 4 is 11.8 Å². The second kappa shape index (κ2) is 6.69. The number of amides is 2. The standard InChI is InChI=1S/C18H21F3N2O2/c19-18(20,21)14-5-3-4-13(12-14)17(7-1-2-8-17)16(25)23-10-6-15(24)22-9-11-23/h3-5,12H,1-2,6-11H2,(H,22,24). The highest BCUT2D eigenvalue weighted by atomic mass is 19.4. The smallest absolute Gasteiger partial charge is 0.354 e. The number of nitrogens with zero attached hydrogens (tertiary/aromatic N) is 1. The van der Waals surface area contributed by atoms with Crippen LogP contribution >= 0.6 is 0 Å².